The number of hydrogen-bond acceptors (Lipinski definition) is 5. The number of alkyl halides is 6. The van der Waals surface area contributed by atoms with Crippen LogP contribution in [-0.4, -0.2) is 63.0 Å². The predicted octanol–water partition coefficient (Wildman–Crippen LogP) is 4.88. The first-order valence-corrected chi connectivity index (χ1v) is 9.73. The molecule has 0 radical (unpaired) electrons. The fraction of sp³-hybridized carbons (Fsp3) is 0.182. The van der Waals surface area contributed by atoms with Crippen LogP contribution < -0.4 is 4.90 Å². The van der Waals surface area contributed by atoms with Gasteiger partial charge in [-0.2, -0.15) is 26.3 Å². The monoisotopic (exact) mass is 516 g/mol. The first kappa shape index (κ1) is 27.9. The zero-order valence-corrected chi connectivity index (χ0v) is 18.5. The number of nitrogens with zero attached hydrogens (tertiary/aromatic N) is 4. The average molecular weight is 516 g/mol. The van der Waals surface area contributed by atoms with Crippen LogP contribution in [0.5, 0.6) is 0 Å². The summed E-state index contributed by atoms with van der Waals surface area (Å²) in [4.78, 5) is 29.2. The summed E-state index contributed by atoms with van der Waals surface area (Å²) in [5.74, 6) is -4.78. The van der Waals surface area contributed by atoms with Crippen LogP contribution in [0.25, 0.3) is 28.1 Å². The van der Waals surface area contributed by atoms with Gasteiger partial charge in [-0.25, -0.2) is 19.6 Å². The van der Waals surface area contributed by atoms with E-state index in [0.717, 1.165) is 28.1 Å². The molecule has 0 fully saturated rings. The van der Waals surface area contributed by atoms with Gasteiger partial charge in [-0.15, -0.1) is 0 Å². The van der Waals surface area contributed by atoms with E-state index in [-0.39, 0.29) is 0 Å². The van der Waals surface area contributed by atoms with Crippen molar-refractivity contribution in [2.75, 3.05) is 19.0 Å². The molecule has 8 nitrogen and oxygen atoms in total. The standard InChI is InChI=1S/C18H16N4.2C2HF3O2/c1-21(2)14-9-7-13(8-10-14)15-11-12-22-17-6-4-3-5-16(17)20-18(22)19-15;2*3-2(4,5)1(6)7/h3-12H,1-2H3;2*(H,6,7). The first-order chi connectivity index (χ1) is 16.6. The van der Waals surface area contributed by atoms with E-state index < -0.39 is 24.3 Å². The van der Waals surface area contributed by atoms with E-state index in [1.807, 2.05) is 49.0 Å². The minimum Gasteiger partial charge on any atom is -0.475 e. The quantitative estimate of drug-likeness (QED) is 0.366. The van der Waals surface area contributed by atoms with Crippen molar-refractivity contribution in [1.29, 1.82) is 0 Å². The van der Waals surface area contributed by atoms with E-state index in [9.17, 15) is 26.3 Å². The van der Waals surface area contributed by atoms with Crippen molar-refractivity contribution in [2.45, 2.75) is 12.4 Å². The van der Waals surface area contributed by atoms with E-state index in [2.05, 4.69) is 40.2 Å². The molecule has 4 aromatic rings. The van der Waals surface area contributed by atoms with Crippen molar-refractivity contribution >= 4 is 34.4 Å². The Kier molecular flexibility index (Phi) is 8.46. The van der Waals surface area contributed by atoms with E-state index >= 15 is 0 Å². The summed E-state index contributed by atoms with van der Waals surface area (Å²) in [6.45, 7) is 0. The molecule has 2 N–H and O–H groups in total. The van der Waals surface area contributed by atoms with Crippen molar-refractivity contribution in [3.63, 3.8) is 0 Å². The molecule has 192 valence electrons. The summed E-state index contributed by atoms with van der Waals surface area (Å²) in [5, 5.41) is 14.2. The number of carboxylic acid groups (broad SMARTS) is 2. The number of carboxylic acids is 2. The third-order valence-electron chi connectivity index (χ3n) is 4.34. The van der Waals surface area contributed by atoms with Crippen LogP contribution >= 0.6 is 0 Å². The number of imidazole rings is 1. The highest BCUT2D eigenvalue weighted by Crippen LogP contribution is 2.23. The van der Waals surface area contributed by atoms with Gasteiger partial charge in [0.15, 0.2) is 0 Å². The van der Waals surface area contributed by atoms with Crippen molar-refractivity contribution < 1.29 is 46.1 Å². The summed E-state index contributed by atoms with van der Waals surface area (Å²) >= 11 is 0. The maximum atomic E-state index is 10.6. The van der Waals surface area contributed by atoms with Crippen molar-refractivity contribution in [3.05, 3.63) is 60.8 Å². The van der Waals surface area contributed by atoms with Gasteiger partial charge in [0, 0.05) is 31.5 Å². The number of benzene rings is 2. The second-order valence-corrected chi connectivity index (χ2v) is 7.13. The Labute approximate surface area is 199 Å². The fourth-order valence-electron chi connectivity index (χ4n) is 2.64. The van der Waals surface area contributed by atoms with Gasteiger partial charge < -0.3 is 15.1 Å². The van der Waals surface area contributed by atoms with Gasteiger partial charge in [0.05, 0.1) is 16.7 Å². The normalized spacial score (nSPS) is 11.2. The van der Waals surface area contributed by atoms with Crippen molar-refractivity contribution in [1.82, 2.24) is 14.4 Å². The molecular formula is C22H18F6N4O4. The smallest absolute Gasteiger partial charge is 0.475 e. The number of fused-ring (bicyclic) bond motifs is 3. The maximum absolute atomic E-state index is 10.6. The Morgan fingerprint density at radius 3 is 1.78 bits per heavy atom. The first-order valence-electron chi connectivity index (χ1n) is 9.73. The van der Waals surface area contributed by atoms with Gasteiger partial charge in [-0.3, -0.25) is 4.40 Å². The summed E-state index contributed by atoms with van der Waals surface area (Å²) in [5.41, 5.74) is 5.26. The summed E-state index contributed by atoms with van der Waals surface area (Å²) in [6, 6.07) is 18.5. The topological polar surface area (TPSA) is 108 Å². The molecule has 36 heavy (non-hydrogen) atoms. The Morgan fingerprint density at radius 2 is 1.31 bits per heavy atom. The van der Waals surface area contributed by atoms with Crippen molar-refractivity contribution in [2.24, 2.45) is 0 Å². The Hall–Kier alpha value is -4.36. The SMILES string of the molecule is CN(C)c1ccc(-c2ccn3c(n2)nc2ccccc23)cc1.O=C(O)C(F)(F)F.O=C(O)C(F)(F)F. The van der Waals surface area contributed by atoms with Gasteiger partial charge in [0.1, 0.15) is 0 Å². The number of halogens is 6. The minimum absolute atomic E-state index is 0.732. The minimum atomic E-state index is -5.08. The average Bonchev–Trinajstić information content (AvgIpc) is 3.16. The molecule has 0 bridgehead atoms. The van der Waals surface area contributed by atoms with E-state index in [1.165, 1.54) is 5.69 Å². The lowest BCUT2D eigenvalue weighted by atomic mass is 10.1. The van der Waals surface area contributed by atoms with Crippen molar-refractivity contribution in [3.8, 4) is 11.3 Å². The zero-order chi connectivity index (χ0) is 27.3. The number of aliphatic carboxylic acids is 2. The molecular weight excluding hydrogens is 498 g/mol. The molecule has 2 aromatic heterocycles. The van der Waals surface area contributed by atoms with Crippen LogP contribution in [0.2, 0.25) is 0 Å². The number of hydrogen-bond donors (Lipinski definition) is 2. The summed E-state index contributed by atoms with van der Waals surface area (Å²) in [6.07, 6.45) is -8.13. The number of aromatic nitrogens is 3. The number of anilines is 1. The lowest BCUT2D eigenvalue weighted by Gasteiger charge is -2.12. The van der Waals surface area contributed by atoms with E-state index in [4.69, 9.17) is 24.8 Å². The van der Waals surface area contributed by atoms with Gasteiger partial charge in [-0.1, -0.05) is 24.3 Å². The molecule has 2 heterocycles. The second kappa shape index (κ2) is 10.9. The van der Waals surface area contributed by atoms with E-state index in [1.54, 1.807) is 0 Å². The molecule has 0 unspecified atom stereocenters. The summed E-state index contributed by atoms with van der Waals surface area (Å²) < 4.78 is 65.5. The van der Waals surface area contributed by atoms with Crippen LogP contribution in [-0.2, 0) is 9.59 Å². The lowest BCUT2D eigenvalue weighted by molar-refractivity contribution is -0.193. The van der Waals surface area contributed by atoms with Crippen LogP contribution in [0.15, 0.2) is 60.8 Å². The molecule has 0 aliphatic rings. The Morgan fingerprint density at radius 1 is 0.806 bits per heavy atom. The molecule has 0 aliphatic carbocycles. The Bertz CT molecular complexity index is 1320. The van der Waals surface area contributed by atoms with Gasteiger partial charge >= 0.3 is 24.3 Å². The van der Waals surface area contributed by atoms with Gasteiger partial charge in [0.25, 0.3) is 0 Å². The predicted molar refractivity (Wildman–Crippen MR) is 118 cm³/mol. The molecule has 0 aliphatic heterocycles. The summed E-state index contributed by atoms with van der Waals surface area (Å²) in [7, 11) is 4.07. The molecule has 0 saturated carbocycles. The maximum Gasteiger partial charge on any atom is 0.490 e. The lowest BCUT2D eigenvalue weighted by Crippen LogP contribution is -2.21. The molecule has 0 atom stereocenters. The molecule has 14 heteroatoms. The largest absolute Gasteiger partial charge is 0.490 e. The van der Waals surface area contributed by atoms with Gasteiger partial charge in [-0.05, 0) is 30.3 Å². The number of para-hydroxylation sites is 2. The highest BCUT2D eigenvalue weighted by atomic mass is 19.4. The number of rotatable bonds is 2. The van der Waals surface area contributed by atoms with Gasteiger partial charge in [0.2, 0.25) is 5.78 Å². The molecule has 0 saturated heterocycles. The van der Waals surface area contributed by atoms with Crippen LogP contribution in [0, 0.1) is 0 Å². The second-order valence-electron chi connectivity index (χ2n) is 7.13. The van der Waals surface area contributed by atoms with E-state index in [0.29, 0.717) is 0 Å². The van der Waals surface area contributed by atoms with Crippen LogP contribution in [0.3, 0.4) is 0 Å². The molecule has 2 aromatic carbocycles. The highest BCUT2D eigenvalue weighted by molar-refractivity contribution is 5.80. The third-order valence-corrected chi connectivity index (χ3v) is 4.34. The Balaban J connectivity index is 0.000000271. The number of carbonyl (C=O) groups is 2. The zero-order valence-electron chi connectivity index (χ0n) is 18.5. The molecule has 4 rings (SSSR count). The molecule has 0 spiro atoms. The fourth-order valence-corrected chi connectivity index (χ4v) is 2.64. The third kappa shape index (κ3) is 7.32. The highest BCUT2D eigenvalue weighted by Gasteiger charge is 2.38. The van der Waals surface area contributed by atoms with Crippen LogP contribution in [0.4, 0.5) is 32.0 Å². The van der Waals surface area contributed by atoms with Crippen LogP contribution in [0.1, 0.15) is 0 Å². The molecule has 0 amide bonds.